The molecule has 2 aromatic rings. The van der Waals surface area contributed by atoms with Crippen molar-refractivity contribution in [3.05, 3.63) is 52.5 Å². The molecule has 0 aliphatic carbocycles. The molecule has 98 valence electrons. The van der Waals surface area contributed by atoms with E-state index in [0.717, 1.165) is 0 Å². The van der Waals surface area contributed by atoms with E-state index in [9.17, 15) is 15.2 Å². The van der Waals surface area contributed by atoms with E-state index in [2.05, 4.69) is 9.97 Å². The third-order valence-corrected chi connectivity index (χ3v) is 3.45. The lowest BCUT2D eigenvalue weighted by atomic mass is 10.1. The molecule has 7 heteroatoms. The molecule has 0 unspecified atom stereocenters. The molecule has 0 fully saturated rings. The van der Waals surface area contributed by atoms with Gasteiger partial charge < -0.3 is 5.11 Å². The highest BCUT2D eigenvalue weighted by Crippen LogP contribution is 2.35. The van der Waals surface area contributed by atoms with Crippen molar-refractivity contribution in [1.29, 1.82) is 0 Å². The normalized spacial score (nSPS) is 12.1. The summed E-state index contributed by atoms with van der Waals surface area (Å²) in [7, 11) is 0. The second kappa shape index (κ2) is 5.77. The number of hydrogen-bond acceptors (Lipinski definition) is 6. The number of hydrogen-bond donors (Lipinski definition) is 1. The van der Waals surface area contributed by atoms with Gasteiger partial charge in [-0.25, -0.2) is 9.97 Å². The van der Waals surface area contributed by atoms with Crippen molar-refractivity contribution in [2.75, 3.05) is 0 Å². The Balaban J connectivity index is 2.37. The lowest BCUT2D eigenvalue weighted by Crippen LogP contribution is -1.96. The summed E-state index contributed by atoms with van der Waals surface area (Å²) in [4.78, 5) is 18.9. The lowest BCUT2D eigenvalue weighted by Gasteiger charge is -2.07. The Labute approximate surface area is 113 Å². The minimum absolute atomic E-state index is 0.0398. The molecule has 0 radical (unpaired) electrons. The van der Waals surface area contributed by atoms with E-state index in [1.165, 1.54) is 24.2 Å². The molecule has 0 saturated carbocycles. The summed E-state index contributed by atoms with van der Waals surface area (Å²) in [6.07, 6.45) is 2.22. The first-order valence-electron chi connectivity index (χ1n) is 5.48. The van der Waals surface area contributed by atoms with Gasteiger partial charge in [0.1, 0.15) is 11.4 Å². The van der Waals surface area contributed by atoms with E-state index < -0.39 is 11.0 Å². The number of rotatable bonds is 4. The van der Waals surface area contributed by atoms with Crippen LogP contribution in [0.5, 0.6) is 0 Å². The molecule has 0 bridgehead atoms. The summed E-state index contributed by atoms with van der Waals surface area (Å²) in [5, 5.41) is 21.2. The fourth-order valence-corrected chi connectivity index (χ4v) is 2.30. The zero-order valence-electron chi connectivity index (χ0n) is 10.1. The number of aliphatic hydroxyl groups is 1. The fourth-order valence-electron chi connectivity index (χ4n) is 1.47. The molecule has 19 heavy (non-hydrogen) atoms. The number of aromatic nitrogens is 2. The minimum atomic E-state index is -0.739. The lowest BCUT2D eigenvalue weighted by molar-refractivity contribution is -0.387. The van der Waals surface area contributed by atoms with Gasteiger partial charge in [-0.2, -0.15) is 0 Å². The Kier molecular flexibility index (Phi) is 4.08. The molecule has 0 amide bonds. The summed E-state index contributed by atoms with van der Waals surface area (Å²) in [6, 6.07) is 6.35. The van der Waals surface area contributed by atoms with Crippen molar-refractivity contribution in [2.45, 2.75) is 22.9 Å². The van der Waals surface area contributed by atoms with Gasteiger partial charge in [0.05, 0.1) is 15.9 Å². The first kappa shape index (κ1) is 13.4. The van der Waals surface area contributed by atoms with Crippen molar-refractivity contribution in [3.63, 3.8) is 0 Å². The average Bonchev–Trinajstić information content (AvgIpc) is 2.39. The van der Waals surface area contributed by atoms with E-state index >= 15 is 0 Å². The molecule has 0 saturated heterocycles. The summed E-state index contributed by atoms with van der Waals surface area (Å²) < 4.78 is 0. The topological polar surface area (TPSA) is 89.2 Å². The average molecular weight is 277 g/mol. The molecule has 2 rings (SSSR count). The smallest absolute Gasteiger partial charge is 0.283 e. The fraction of sp³-hybridized carbons (Fsp3) is 0.167. The van der Waals surface area contributed by atoms with Crippen LogP contribution in [0.1, 0.15) is 18.6 Å². The van der Waals surface area contributed by atoms with Crippen LogP contribution < -0.4 is 0 Å². The summed E-state index contributed by atoms with van der Waals surface area (Å²) in [6.45, 7) is 1.57. The molecular weight excluding hydrogens is 266 g/mol. The largest absolute Gasteiger partial charge is 0.389 e. The van der Waals surface area contributed by atoms with Crippen LogP contribution in [-0.2, 0) is 0 Å². The van der Waals surface area contributed by atoms with Crippen LogP contribution >= 0.6 is 11.8 Å². The minimum Gasteiger partial charge on any atom is -0.389 e. The molecule has 0 spiro atoms. The van der Waals surface area contributed by atoms with Crippen molar-refractivity contribution < 1.29 is 10.0 Å². The summed E-state index contributed by atoms with van der Waals surface area (Å²) in [5.41, 5.74) is 0.473. The van der Waals surface area contributed by atoms with Gasteiger partial charge in [-0.05, 0) is 24.6 Å². The molecule has 0 aliphatic heterocycles. The van der Waals surface area contributed by atoms with Gasteiger partial charge in [-0.15, -0.1) is 0 Å². The molecule has 0 aliphatic rings. The Bertz CT molecular complexity index is 590. The van der Waals surface area contributed by atoms with Crippen LogP contribution in [0.25, 0.3) is 0 Å². The second-order valence-electron chi connectivity index (χ2n) is 3.81. The van der Waals surface area contributed by atoms with Gasteiger partial charge in [0.25, 0.3) is 5.69 Å². The Morgan fingerprint density at radius 1 is 1.42 bits per heavy atom. The molecule has 1 N–H and O–H groups in total. The zero-order chi connectivity index (χ0) is 13.8. The molecule has 1 aromatic heterocycles. The molecular formula is C12H11N3O3S. The van der Waals surface area contributed by atoms with Gasteiger partial charge in [-0.1, -0.05) is 17.8 Å². The third kappa shape index (κ3) is 3.27. The maximum absolute atomic E-state index is 11.1. The molecule has 1 heterocycles. The third-order valence-electron chi connectivity index (χ3n) is 2.43. The van der Waals surface area contributed by atoms with E-state index in [-0.39, 0.29) is 5.69 Å². The van der Waals surface area contributed by atoms with E-state index in [1.54, 1.807) is 31.3 Å². The summed E-state index contributed by atoms with van der Waals surface area (Å²) >= 11 is 1.19. The number of nitro groups is 1. The number of nitro benzene ring substituents is 1. The van der Waals surface area contributed by atoms with Crippen molar-refractivity contribution >= 4 is 17.4 Å². The number of benzene rings is 1. The zero-order valence-corrected chi connectivity index (χ0v) is 10.9. The monoisotopic (exact) mass is 277 g/mol. The number of nitrogens with zero attached hydrogens (tertiary/aromatic N) is 3. The summed E-state index contributed by atoms with van der Waals surface area (Å²) in [5.74, 6) is 0. The van der Waals surface area contributed by atoms with Gasteiger partial charge in [0.2, 0.25) is 0 Å². The van der Waals surface area contributed by atoms with E-state index in [1.807, 2.05) is 0 Å². The van der Waals surface area contributed by atoms with Gasteiger partial charge in [0.15, 0.2) is 0 Å². The molecule has 6 nitrogen and oxygen atoms in total. The van der Waals surface area contributed by atoms with Gasteiger partial charge >= 0.3 is 0 Å². The maximum atomic E-state index is 11.1. The highest BCUT2D eigenvalue weighted by Gasteiger charge is 2.17. The first-order valence-corrected chi connectivity index (χ1v) is 6.30. The van der Waals surface area contributed by atoms with Crippen LogP contribution in [0.2, 0.25) is 0 Å². The van der Waals surface area contributed by atoms with Crippen LogP contribution in [0, 0.1) is 10.1 Å². The Morgan fingerprint density at radius 3 is 2.79 bits per heavy atom. The number of aliphatic hydroxyl groups excluding tert-OH is 1. The first-order chi connectivity index (χ1) is 9.08. The maximum Gasteiger partial charge on any atom is 0.283 e. The standard InChI is InChI=1S/C12H11N3O3S/c1-8(16)9-2-3-11(10(6-9)15(17)18)19-12-4-5-13-7-14-12/h2-8,16H,1H3/t8-/m0/s1. The van der Waals surface area contributed by atoms with Crippen LogP contribution in [-0.4, -0.2) is 20.0 Å². The highest BCUT2D eigenvalue weighted by atomic mass is 32.2. The molecule has 1 atom stereocenters. The Hall–Kier alpha value is -1.99. The quantitative estimate of drug-likeness (QED) is 0.525. The second-order valence-corrected chi connectivity index (χ2v) is 4.87. The highest BCUT2D eigenvalue weighted by molar-refractivity contribution is 7.99. The van der Waals surface area contributed by atoms with Crippen molar-refractivity contribution in [1.82, 2.24) is 9.97 Å². The van der Waals surface area contributed by atoms with E-state index in [0.29, 0.717) is 15.5 Å². The van der Waals surface area contributed by atoms with Gasteiger partial charge in [-0.3, -0.25) is 10.1 Å². The molecule has 1 aromatic carbocycles. The van der Waals surface area contributed by atoms with Crippen LogP contribution in [0.3, 0.4) is 0 Å². The van der Waals surface area contributed by atoms with E-state index in [4.69, 9.17) is 0 Å². The van der Waals surface area contributed by atoms with Crippen molar-refractivity contribution in [2.24, 2.45) is 0 Å². The Morgan fingerprint density at radius 2 is 2.21 bits per heavy atom. The van der Waals surface area contributed by atoms with Gasteiger partial charge in [0, 0.05) is 12.3 Å². The van der Waals surface area contributed by atoms with Crippen molar-refractivity contribution in [3.8, 4) is 0 Å². The predicted octanol–water partition coefficient (Wildman–Crippen LogP) is 2.59. The van der Waals surface area contributed by atoms with Crippen LogP contribution in [0.4, 0.5) is 5.69 Å². The van der Waals surface area contributed by atoms with Crippen LogP contribution in [0.15, 0.2) is 46.7 Å². The SMILES string of the molecule is C[C@H](O)c1ccc(Sc2ccncn2)c([N+](=O)[O-])c1. The predicted molar refractivity (Wildman–Crippen MR) is 69.9 cm³/mol.